The highest BCUT2D eigenvalue weighted by Crippen LogP contribution is 2.07. The number of rotatable bonds is 9. The Morgan fingerprint density at radius 2 is 1.75 bits per heavy atom. The molecule has 0 radical (unpaired) electrons. The van der Waals surface area contributed by atoms with E-state index in [0.717, 1.165) is 12.8 Å². The normalized spacial score (nSPS) is 14.4. The van der Waals surface area contributed by atoms with Crippen molar-refractivity contribution in [3.63, 3.8) is 0 Å². The zero-order chi connectivity index (χ0) is 12.4. The number of allylic oxidation sites excluding steroid dienone is 2. The van der Waals surface area contributed by atoms with Gasteiger partial charge in [-0.15, -0.1) is 0 Å². The van der Waals surface area contributed by atoms with E-state index in [4.69, 9.17) is 4.55 Å². The Labute approximate surface area is 99.7 Å². The lowest BCUT2D eigenvalue weighted by molar-refractivity contribution is 0.470. The molecule has 0 rings (SSSR count). The van der Waals surface area contributed by atoms with Crippen molar-refractivity contribution in [2.45, 2.75) is 64.0 Å². The smallest absolute Gasteiger partial charge is 0.267 e. The van der Waals surface area contributed by atoms with Crippen molar-refractivity contribution in [1.29, 1.82) is 0 Å². The van der Waals surface area contributed by atoms with Crippen LogP contribution >= 0.6 is 0 Å². The maximum absolute atomic E-state index is 10.7. The Kier molecular flexibility index (Phi) is 8.57. The van der Waals surface area contributed by atoms with Crippen LogP contribution in [0.1, 0.15) is 58.8 Å². The molecule has 0 spiro atoms. The maximum Gasteiger partial charge on any atom is 0.267 e. The number of unbranched alkanes of at least 4 members (excludes halogenated alkanes) is 5. The largest absolute Gasteiger partial charge is 0.285 e. The van der Waals surface area contributed by atoms with Crippen LogP contribution in [0.5, 0.6) is 0 Å². The van der Waals surface area contributed by atoms with Crippen LogP contribution in [0, 0.1) is 0 Å². The molecule has 1 N–H and O–H groups in total. The highest BCUT2D eigenvalue weighted by molar-refractivity contribution is 7.86. The molecular formula is C12H24O3S. The fraction of sp³-hybridized carbons (Fsp3) is 0.833. The molecule has 3 nitrogen and oxygen atoms in total. The summed E-state index contributed by atoms with van der Waals surface area (Å²) in [5.41, 5.74) is 0. The lowest BCUT2D eigenvalue weighted by Gasteiger charge is -2.03. The lowest BCUT2D eigenvalue weighted by atomic mass is 10.1. The number of hydrogen-bond donors (Lipinski definition) is 1. The monoisotopic (exact) mass is 248 g/mol. The summed E-state index contributed by atoms with van der Waals surface area (Å²) in [5, 5.41) is -0.691. The second-order valence-corrected chi connectivity index (χ2v) is 6.07. The van der Waals surface area contributed by atoms with Crippen LogP contribution in [-0.4, -0.2) is 18.2 Å². The van der Waals surface area contributed by atoms with E-state index in [1.165, 1.54) is 32.6 Å². The first-order valence-corrected chi connectivity index (χ1v) is 7.60. The molecule has 0 heterocycles. The molecule has 0 saturated heterocycles. The van der Waals surface area contributed by atoms with E-state index < -0.39 is 15.4 Å². The highest BCUT2D eigenvalue weighted by Gasteiger charge is 2.14. The Morgan fingerprint density at radius 1 is 1.12 bits per heavy atom. The van der Waals surface area contributed by atoms with Gasteiger partial charge in [0.15, 0.2) is 0 Å². The zero-order valence-electron chi connectivity index (χ0n) is 10.4. The molecule has 0 aliphatic rings. The summed E-state index contributed by atoms with van der Waals surface area (Å²) in [6, 6.07) is 0. The Morgan fingerprint density at radius 3 is 2.31 bits per heavy atom. The van der Waals surface area contributed by atoms with E-state index in [-0.39, 0.29) is 0 Å². The summed E-state index contributed by atoms with van der Waals surface area (Å²) in [6.45, 7) is 3.71. The van der Waals surface area contributed by atoms with Crippen LogP contribution in [0.3, 0.4) is 0 Å². The lowest BCUT2D eigenvalue weighted by Crippen LogP contribution is -2.15. The van der Waals surface area contributed by atoms with Gasteiger partial charge in [-0.2, -0.15) is 8.42 Å². The molecule has 1 atom stereocenters. The predicted molar refractivity (Wildman–Crippen MR) is 68.1 cm³/mol. The predicted octanol–water partition coefficient (Wildman–Crippen LogP) is 3.57. The van der Waals surface area contributed by atoms with E-state index in [1.54, 1.807) is 0 Å². The summed E-state index contributed by atoms with van der Waals surface area (Å²) in [4.78, 5) is 0. The third kappa shape index (κ3) is 8.92. The second-order valence-electron chi connectivity index (χ2n) is 4.24. The van der Waals surface area contributed by atoms with Crippen LogP contribution in [0.15, 0.2) is 12.2 Å². The third-order valence-corrected chi connectivity index (χ3v) is 3.83. The summed E-state index contributed by atoms with van der Waals surface area (Å²) in [6.07, 6.45) is 11.5. The molecule has 0 aliphatic heterocycles. The Balaban J connectivity index is 3.49. The molecule has 0 fully saturated rings. The van der Waals surface area contributed by atoms with Crippen molar-refractivity contribution in [2.24, 2.45) is 0 Å². The Hall–Kier alpha value is -0.350. The fourth-order valence-electron chi connectivity index (χ4n) is 1.39. The molecule has 16 heavy (non-hydrogen) atoms. The van der Waals surface area contributed by atoms with Gasteiger partial charge in [-0.25, -0.2) is 0 Å². The summed E-state index contributed by atoms with van der Waals surface area (Å²) in [5.74, 6) is 0. The minimum absolute atomic E-state index is 0.397. The molecule has 0 bridgehead atoms. The first-order valence-electron chi connectivity index (χ1n) is 6.09. The fourth-order valence-corrected chi connectivity index (χ4v) is 1.75. The summed E-state index contributed by atoms with van der Waals surface area (Å²) in [7, 11) is -3.86. The first-order chi connectivity index (χ1) is 7.48. The average Bonchev–Trinajstić information content (AvgIpc) is 2.20. The Bertz CT molecular complexity index is 281. The standard InChI is InChI=1S/C12H24O3S/c1-3-4-5-6-7-8-9-10-11-12(2)16(13,14)15/h9-10,12H,3-8,11H2,1-2H3,(H,13,14,15)/b10-9+. The van der Waals surface area contributed by atoms with Crippen LogP contribution in [0.4, 0.5) is 0 Å². The van der Waals surface area contributed by atoms with Crippen molar-refractivity contribution >= 4 is 10.1 Å². The van der Waals surface area contributed by atoms with Gasteiger partial charge in [-0.1, -0.05) is 44.8 Å². The van der Waals surface area contributed by atoms with Crippen molar-refractivity contribution in [2.75, 3.05) is 0 Å². The number of hydrogen-bond acceptors (Lipinski definition) is 2. The van der Waals surface area contributed by atoms with Gasteiger partial charge < -0.3 is 0 Å². The molecule has 0 aromatic heterocycles. The maximum atomic E-state index is 10.7. The van der Waals surface area contributed by atoms with Crippen LogP contribution in [0.25, 0.3) is 0 Å². The van der Waals surface area contributed by atoms with Crippen molar-refractivity contribution in [3.05, 3.63) is 12.2 Å². The topological polar surface area (TPSA) is 54.4 Å². The molecular weight excluding hydrogens is 224 g/mol. The van der Waals surface area contributed by atoms with Crippen molar-refractivity contribution < 1.29 is 13.0 Å². The SMILES string of the molecule is CCCCCCC/C=C/CC(C)S(=O)(=O)O. The van der Waals surface area contributed by atoms with Crippen LogP contribution < -0.4 is 0 Å². The quantitative estimate of drug-likeness (QED) is 0.385. The van der Waals surface area contributed by atoms with Gasteiger partial charge in [-0.05, 0) is 26.2 Å². The third-order valence-electron chi connectivity index (χ3n) is 2.62. The van der Waals surface area contributed by atoms with Crippen molar-refractivity contribution in [1.82, 2.24) is 0 Å². The van der Waals surface area contributed by atoms with E-state index in [1.807, 2.05) is 12.2 Å². The van der Waals surface area contributed by atoms with Crippen molar-refractivity contribution in [3.8, 4) is 0 Å². The minimum atomic E-state index is -3.86. The average molecular weight is 248 g/mol. The van der Waals surface area contributed by atoms with Gasteiger partial charge in [0.25, 0.3) is 10.1 Å². The molecule has 96 valence electrons. The molecule has 0 aromatic rings. The van der Waals surface area contributed by atoms with E-state index in [0.29, 0.717) is 6.42 Å². The van der Waals surface area contributed by atoms with Gasteiger partial charge in [0.05, 0.1) is 5.25 Å². The van der Waals surface area contributed by atoms with E-state index in [2.05, 4.69) is 6.92 Å². The molecule has 0 aliphatic carbocycles. The second kappa shape index (κ2) is 8.76. The van der Waals surface area contributed by atoms with Gasteiger partial charge in [-0.3, -0.25) is 4.55 Å². The summed E-state index contributed by atoms with van der Waals surface area (Å²) < 4.78 is 30.1. The highest BCUT2D eigenvalue weighted by atomic mass is 32.2. The zero-order valence-corrected chi connectivity index (χ0v) is 11.2. The van der Waals surface area contributed by atoms with Gasteiger partial charge in [0.1, 0.15) is 0 Å². The van der Waals surface area contributed by atoms with Gasteiger partial charge in [0, 0.05) is 0 Å². The minimum Gasteiger partial charge on any atom is -0.285 e. The van der Waals surface area contributed by atoms with Gasteiger partial charge >= 0.3 is 0 Å². The molecule has 4 heteroatoms. The van der Waals surface area contributed by atoms with Gasteiger partial charge in [0.2, 0.25) is 0 Å². The molecule has 0 amide bonds. The van der Waals surface area contributed by atoms with E-state index in [9.17, 15) is 8.42 Å². The van der Waals surface area contributed by atoms with Crippen LogP contribution in [0.2, 0.25) is 0 Å². The first kappa shape index (κ1) is 15.7. The molecule has 0 saturated carbocycles. The molecule has 1 unspecified atom stereocenters. The van der Waals surface area contributed by atoms with E-state index >= 15 is 0 Å². The van der Waals surface area contributed by atoms with Crippen LogP contribution in [-0.2, 0) is 10.1 Å². The molecule has 0 aromatic carbocycles. The summed E-state index contributed by atoms with van der Waals surface area (Å²) >= 11 is 0.